The minimum Gasteiger partial charge on any atom is -0.508 e. The molecule has 0 aromatic heterocycles. The number of carbonyl (C=O) groups is 6. The average Bonchev–Trinajstić information content (AvgIpc) is 3.33. The van der Waals surface area contributed by atoms with Crippen molar-refractivity contribution in [3.63, 3.8) is 0 Å². The van der Waals surface area contributed by atoms with E-state index in [4.69, 9.17) is 18.9 Å². The molecule has 4 aromatic carbocycles. The summed E-state index contributed by atoms with van der Waals surface area (Å²) in [5.41, 5.74) is 0.639. The number of phenols is 4. The van der Waals surface area contributed by atoms with Crippen LogP contribution >= 0.6 is 0 Å². The van der Waals surface area contributed by atoms with Gasteiger partial charge in [0.15, 0.2) is 0 Å². The molecule has 4 rings (SSSR count). The highest BCUT2D eigenvalue weighted by molar-refractivity contribution is 5.87. The van der Waals surface area contributed by atoms with Gasteiger partial charge in [-0.05, 0) is 116 Å². The van der Waals surface area contributed by atoms with E-state index in [9.17, 15) is 49.2 Å². The molecule has 0 aliphatic rings. The van der Waals surface area contributed by atoms with E-state index in [-0.39, 0.29) is 93.6 Å². The molecule has 8 N–H and O–H groups in total. The predicted molar refractivity (Wildman–Crippen MR) is 262 cm³/mol. The number of carbonyl (C=O) groups excluding carboxylic acids is 6. The van der Waals surface area contributed by atoms with Gasteiger partial charge in [0.25, 0.3) is 0 Å². The van der Waals surface area contributed by atoms with Gasteiger partial charge in [-0.1, -0.05) is 76.2 Å². The number of benzene rings is 4. The Bertz CT molecular complexity index is 2190. The van der Waals surface area contributed by atoms with Crippen molar-refractivity contribution in [1.29, 1.82) is 0 Å². The predicted octanol–water partition coefficient (Wildman–Crippen LogP) is 6.00. The molecule has 0 radical (unpaired) electrons. The minimum absolute atomic E-state index is 0.0112. The van der Waals surface area contributed by atoms with Gasteiger partial charge < -0.3 is 60.6 Å². The lowest BCUT2D eigenvalue weighted by atomic mass is 9.63. The third-order valence-electron chi connectivity index (χ3n) is 12.6. The Kier molecular flexibility index (Phi) is 21.4. The fourth-order valence-electron chi connectivity index (χ4n) is 7.41. The molecule has 4 aromatic rings. The third-order valence-corrected chi connectivity index (χ3v) is 12.6. The van der Waals surface area contributed by atoms with Crippen molar-refractivity contribution in [3.8, 4) is 23.0 Å². The van der Waals surface area contributed by atoms with Crippen LogP contribution in [0.3, 0.4) is 0 Å². The lowest BCUT2D eigenvalue weighted by molar-refractivity contribution is -0.170. The normalized spacial score (nSPS) is 13.6. The van der Waals surface area contributed by atoms with Gasteiger partial charge in [0.2, 0.25) is 11.8 Å². The molecule has 0 saturated heterocycles. The average molecular weight is 985 g/mol. The monoisotopic (exact) mass is 984 g/mol. The van der Waals surface area contributed by atoms with Crippen LogP contribution in [0.25, 0.3) is 0 Å². The summed E-state index contributed by atoms with van der Waals surface area (Å²) in [5, 5.41) is 49.3. The van der Waals surface area contributed by atoms with Crippen molar-refractivity contribution >= 4 is 35.9 Å². The van der Waals surface area contributed by atoms with Crippen LogP contribution in [0.2, 0.25) is 0 Å². The summed E-state index contributed by atoms with van der Waals surface area (Å²) < 4.78 is 21.9. The van der Waals surface area contributed by atoms with Gasteiger partial charge in [-0.3, -0.25) is 19.2 Å². The topological polar surface area (TPSA) is 268 Å². The lowest BCUT2D eigenvalue weighted by Crippen LogP contribution is -2.49. The van der Waals surface area contributed by atoms with Crippen LogP contribution in [0.15, 0.2) is 97.1 Å². The number of rotatable bonds is 26. The van der Waals surface area contributed by atoms with Crippen LogP contribution in [-0.2, 0) is 63.8 Å². The molecule has 0 fully saturated rings. The van der Waals surface area contributed by atoms with E-state index in [1.54, 1.807) is 86.6 Å². The van der Waals surface area contributed by atoms with Crippen LogP contribution in [0, 0.1) is 22.7 Å². The molecule has 0 bridgehead atoms. The van der Waals surface area contributed by atoms with Gasteiger partial charge in [-0.25, -0.2) is 9.59 Å². The second kappa shape index (κ2) is 27.0. The molecule has 71 heavy (non-hydrogen) atoms. The summed E-state index contributed by atoms with van der Waals surface area (Å²) in [6.45, 7) is 9.79. The van der Waals surface area contributed by atoms with Crippen LogP contribution < -0.4 is 21.3 Å². The molecular weight excluding hydrogens is 917 g/mol. The van der Waals surface area contributed by atoms with Crippen molar-refractivity contribution in [2.24, 2.45) is 22.7 Å². The van der Waals surface area contributed by atoms with E-state index in [2.05, 4.69) is 21.3 Å². The first-order chi connectivity index (χ1) is 33.7. The van der Waals surface area contributed by atoms with Gasteiger partial charge in [-0.15, -0.1) is 0 Å². The summed E-state index contributed by atoms with van der Waals surface area (Å²) in [6.07, 6.45) is -0.753. The molecule has 4 atom stereocenters. The third kappa shape index (κ3) is 18.1. The first-order valence-corrected chi connectivity index (χ1v) is 23.6. The summed E-state index contributed by atoms with van der Waals surface area (Å²) >= 11 is 0. The molecule has 0 aliphatic heterocycles. The number of hydrogen-bond donors (Lipinski definition) is 8. The fourth-order valence-corrected chi connectivity index (χ4v) is 7.41. The highest BCUT2D eigenvalue weighted by atomic mass is 16.6. The Morgan fingerprint density at radius 3 is 1.03 bits per heavy atom. The number of amides is 4. The standard InChI is InChI=1S/C53H68N4O14/c1-34(2)52(5,48(64)68-27-29-70-50(66)56-44(31-38-11-19-42(60)20-12-38)46(62)54-25-23-36-7-15-40(58)16-8-36)33-53(6,35(3)4)49(65)69-28-30-71-51(67)57-45(32-39-13-21-43(61)22-14-39)47(63)55-26-24-37-9-17-41(59)18-10-37/h7-22,34-35,44-45,58-61H,23-33H2,1-6H3,(H,54,62)(H,55,63)(H,56,66)(H,57,67)/t44-,45-,52?,53?/m0/s1. The van der Waals surface area contributed by atoms with Crippen molar-refractivity contribution in [1.82, 2.24) is 21.3 Å². The molecular formula is C53H68N4O14. The molecule has 2 unspecified atom stereocenters. The highest BCUT2D eigenvalue weighted by Crippen LogP contribution is 2.45. The van der Waals surface area contributed by atoms with Crippen LogP contribution in [0.1, 0.15) is 70.2 Å². The number of esters is 2. The maximum atomic E-state index is 13.8. The number of ether oxygens (including phenoxy) is 4. The zero-order chi connectivity index (χ0) is 52.1. The number of alkyl carbamates (subject to hydrolysis) is 2. The van der Waals surface area contributed by atoms with E-state index < -0.39 is 58.9 Å². The van der Waals surface area contributed by atoms with Crippen LogP contribution in [-0.4, -0.2) is 108 Å². The summed E-state index contributed by atoms with van der Waals surface area (Å²) in [4.78, 5) is 80.1. The Balaban J connectivity index is 1.27. The number of aromatic hydroxyl groups is 4. The largest absolute Gasteiger partial charge is 0.508 e. The maximum Gasteiger partial charge on any atom is 0.407 e. The number of hydrogen-bond acceptors (Lipinski definition) is 14. The Hall–Kier alpha value is -7.50. The smallest absolute Gasteiger partial charge is 0.407 e. The van der Waals surface area contributed by atoms with Gasteiger partial charge >= 0.3 is 24.1 Å². The van der Waals surface area contributed by atoms with Crippen molar-refractivity contribution in [2.45, 2.75) is 85.7 Å². The minimum atomic E-state index is -1.22. The fraction of sp³-hybridized carbons (Fsp3) is 0.434. The summed E-state index contributed by atoms with van der Waals surface area (Å²) in [6, 6.07) is 23.4. The van der Waals surface area contributed by atoms with Crippen LogP contribution in [0.4, 0.5) is 9.59 Å². The van der Waals surface area contributed by atoms with Crippen molar-refractivity contribution < 1.29 is 68.1 Å². The van der Waals surface area contributed by atoms with Gasteiger partial charge in [0, 0.05) is 25.9 Å². The first kappa shape index (κ1) is 56.1. The van der Waals surface area contributed by atoms with E-state index >= 15 is 0 Å². The molecule has 0 aliphatic carbocycles. The Labute approximate surface area is 414 Å². The quantitative estimate of drug-likeness (QED) is 0.0204. The zero-order valence-electron chi connectivity index (χ0n) is 41.2. The molecule has 0 saturated carbocycles. The molecule has 0 spiro atoms. The number of nitrogens with one attached hydrogen (secondary N) is 4. The summed E-state index contributed by atoms with van der Waals surface area (Å²) in [7, 11) is 0. The van der Waals surface area contributed by atoms with E-state index in [1.165, 1.54) is 24.3 Å². The number of phenolic OH excluding ortho intramolecular Hbond substituents is 4. The highest BCUT2D eigenvalue weighted by Gasteiger charge is 2.49. The maximum absolute atomic E-state index is 13.8. The molecule has 18 nitrogen and oxygen atoms in total. The van der Waals surface area contributed by atoms with Crippen molar-refractivity contribution in [2.75, 3.05) is 39.5 Å². The second-order valence-electron chi connectivity index (χ2n) is 18.4. The molecule has 0 heterocycles. The first-order valence-electron chi connectivity index (χ1n) is 23.6. The van der Waals surface area contributed by atoms with Gasteiger partial charge in [0.05, 0.1) is 10.8 Å². The molecule has 384 valence electrons. The van der Waals surface area contributed by atoms with Gasteiger partial charge in [-0.2, -0.15) is 0 Å². The summed E-state index contributed by atoms with van der Waals surface area (Å²) in [5.74, 6) is -2.58. The van der Waals surface area contributed by atoms with E-state index in [0.717, 1.165) is 11.1 Å². The second-order valence-corrected chi connectivity index (χ2v) is 18.4. The van der Waals surface area contributed by atoms with E-state index in [0.29, 0.717) is 24.0 Å². The van der Waals surface area contributed by atoms with Crippen LogP contribution in [0.5, 0.6) is 23.0 Å². The Morgan fingerprint density at radius 1 is 0.451 bits per heavy atom. The Morgan fingerprint density at radius 2 is 0.732 bits per heavy atom. The molecule has 18 heteroatoms. The van der Waals surface area contributed by atoms with Gasteiger partial charge in [0.1, 0.15) is 61.5 Å². The molecule has 4 amide bonds. The lowest BCUT2D eigenvalue weighted by Gasteiger charge is -2.41. The van der Waals surface area contributed by atoms with E-state index in [1.807, 2.05) is 27.7 Å². The SMILES string of the molecule is CC(C)C(C)(CC(C)(C(=O)OCCOC(=O)N[C@@H](Cc1ccc(O)cc1)C(=O)NCCc1ccc(O)cc1)C(C)C)C(=O)OCCOC(=O)N[C@@H](Cc1ccc(O)cc1)C(=O)NCCc1ccc(O)cc1. The zero-order valence-corrected chi connectivity index (χ0v) is 41.2. The van der Waals surface area contributed by atoms with Crippen molar-refractivity contribution in [3.05, 3.63) is 119 Å².